The number of hydrogen-bond acceptors (Lipinski definition) is 1. The molecule has 0 aromatic carbocycles. The molecule has 0 amide bonds. The molecule has 2 atom stereocenters. The fraction of sp³-hybridized carbons (Fsp3) is 0.667. The van der Waals surface area contributed by atoms with Crippen LogP contribution in [-0.4, -0.2) is 12.0 Å². The van der Waals surface area contributed by atoms with Gasteiger partial charge in [-0.25, -0.2) is 0 Å². The van der Waals surface area contributed by atoms with Gasteiger partial charge in [-0.15, -0.1) is 0 Å². The predicted octanol–water partition coefficient (Wildman–Crippen LogP) is 4.14. The lowest BCUT2D eigenvalue weighted by atomic mass is 10.0. The Kier molecular flexibility index (Phi) is 8.32. The highest BCUT2D eigenvalue weighted by Gasteiger charge is 1.98. The first-order chi connectivity index (χ1) is 6.24. The van der Waals surface area contributed by atoms with E-state index in [1.807, 2.05) is 11.8 Å². The molecular weight excluding hydrogens is 176 g/mol. The molecule has 0 rings (SSSR count). The van der Waals surface area contributed by atoms with E-state index in [1.54, 1.807) is 0 Å². The van der Waals surface area contributed by atoms with Crippen LogP contribution in [0, 0.1) is 11.8 Å². The van der Waals surface area contributed by atoms with Crippen LogP contribution >= 0.6 is 11.8 Å². The van der Waals surface area contributed by atoms with Gasteiger partial charge in [-0.1, -0.05) is 44.6 Å². The topological polar surface area (TPSA) is 0 Å². The van der Waals surface area contributed by atoms with E-state index in [-0.39, 0.29) is 0 Å². The molecule has 0 aromatic heterocycles. The second-order valence-corrected chi connectivity index (χ2v) is 4.33. The van der Waals surface area contributed by atoms with E-state index in [0.29, 0.717) is 5.92 Å². The summed E-state index contributed by atoms with van der Waals surface area (Å²) >= 11 is 1.91. The Bertz CT molecular complexity index is 159. The quantitative estimate of drug-likeness (QED) is 0.578. The minimum absolute atomic E-state index is 0.619. The highest BCUT2D eigenvalue weighted by atomic mass is 32.2. The first kappa shape index (κ1) is 12.8. The van der Waals surface area contributed by atoms with Crippen molar-refractivity contribution in [3.63, 3.8) is 0 Å². The van der Waals surface area contributed by atoms with Crippen molar-refractivity contribution in [1.82, 2.24) is 0 Å². The molecule has 0 aliphatic rings. The maximum absolute atomic E-state index is 2.34. The summed E-state index contributed by atoms with van der Waals surface area (Å²) in [7, 11) is 0. The molecule has 0 nitrogen and oxygen atoms in total. The third-order valence-electron chi connectivity index (χ3n) is 2.13. The van der Waals surface area contributed by atoms with Crippen LogP contribution in [0.15, 0.2) is 24.3 Å². The van der Waals surface area contributed by atoms with Crippen LogP contribution in [0.4, 0.5) is 0 Å². The SMILES string of the molecule is CC=CC(/C=C/C(C)CC)CSC. The summed E-state index contributed by atoms with van der Waals surface area (Å²) in [5.74, 6) is 2.53. The van der Waals surface area contributed by atoms with Crippen LogP contribution in [0.3, 0.4) is 0 Å². The number of hydrogen-bond donors (Lipinski definition) is 0. The molecule has 0 saturated carbocycles. The van der Waals surface area contributed by atoms with Gasteiger partial charge in [0.25, 0.3) is 0 Å². The van der Waals surface area contributed by atoms with Crippen molar-refractivity contribution in [3.8, 4) is 0 Å². The average Bonchev–Trinajstić information content (AvgIpc) is 2.14. The van der Waals surface area contributed by atoms with Gasteiger partial charge in [0.1, 0.15) is 0 Å². The molecule has 0 spiro atoms. The van der Waals surface area contributed by atoms with E-state index in [0.717, 1.165) is 5.92 Å². The van der Waals surface area contributed by atoms with Crippen LogP contribution in [0.25, 0.3) is 0 Å². The number of thioether (sulfide) groups is 1. The van der Waals surface area contributed by atoms with E-state index in [4.69, 9.17) is 0 Å². The van der Waals surface area contributed by atoms with E-state index in [9.17, 15) is 0 Å². The zero-order valence-electron chi connectivity index (χ0n) is 9.29. The largest absolute Gasteiger partial charge is 0.164 e. The van der Waals surface area contributed by atoms with Crippen LogP contribution in [0.5, 0.6) is 0 Å². The molecule has 0 aliphatic carbocycles. The standard InChI is InChI=1S/C12H22S/c1-5-7-12(10-13-4)9-8-11(3)6-2/h5,7-9,11-12H,6,10H2,1-4H3/b7-5?,9-8+. The molecule has 0 bridgehead atoms. The highest BCUT2D eigenvalue weighted by Crippen LogP contribution is 2.11. The van der Waals surface area contributed by atoms with Gasteiger partial charge in [0.15, 0.2) is 0 Å². The van der Waals surface area contributed by atoms with E-state index < -0.39 is 0 Å². The van der Waals surface area contributed by atoms with Crippen molar-refractivity contribution in [3.05, 3.63) is 24.3 Å². The smallest absolute Gasteiger partial charge is 0.00372 e. The number of rotatable bonds is 6. The van der Waals surface area contributed by atoms with Gasteiger partial charge >= 0.3 is 0 Å². The van der Waals surface area contributed by atoms with Gasteiger partial charge in [0.05, 0.1) is 0 Å². The molecule has 0 fully saturated rings. The molecule has 0 N–H and O–H groups in total. The van der Waals surface area contributed by atoms with Crippen molar-refractivity contribution >= 4 is 11.8 Å². The zero-order valence-corrected chi connectivity index (χ0v) is 10.1. The predicted molar refractivity (Wildman–Crippen MR) is 65.3 cm³/mol. The van der Waals surface area contributed by atoms with Crippen LogP contribution < -0.4 is 0 Å². The molecule has 0 aromatic rings. The summed E-state index contributed by atoms with van der Waals surface area (Å²) in [6, 6.07) is 0. The summed E-state index contributed by atoms with van der Waals surface area (Å²) < 4.78 is 0. The van der Waals surface area contributed by atoms with Crippen LogP contribution in [0.2, 0.25) is 0 Å². The van der Waals surface area contributed by atoms with Crippen molar-refractivity contribution in [2.75, 3.05) is 12.0 Å². The summed E-state index contributed by atoms with van der Waals surface area (Å²) in [5.41, 5.74) is 0. The molecule has 0 aliphatic heterocycles. The Morgan fingerprint density at radius 2 is 1.92 bits per heavy atom. The van der Waals surface area contributed by atoms with Crippen molar-refractivity contribution < 1.29 is 0 Å². The number of allylic oxidation sites excluding steroid dienone is 4. The Morgan fingerprint density at radius 1 is 1.23 bits per heavy atom. The molecule has 0 radical (unpaired) electrons. The Hall–Kier alpha value is -0.170. The molecule has 13 heavy (non-hydrogen) atoms. The molecule has 0 saturated heterocycles. The summed E-state index contributed by atoms with van der Waals surface area (Å²) in [6.45, 7) is 6.58. The summed E-state index contributed by atoms with van der Waals surface area (Å²) in [4.78, 5) is 0. The lowest BCUT2D eigenvalue weighted by molar-refractivity contribution is 0.691. The van der Waals surface area contributed by atoms with E-state index in [1.165, 1.54) is 12.2 Å². The summed E-state index contributed by atoms with van der Waals surface area (Å²) in [5, 5.41) is 0. The lowest BCUT2D eigenvalue weighted by Crippen LogP contribution is -1.96. The first-order valence-electron chi connectivity index (χ1n) is 5.04. The van der Waals surface area contributed by atoms with E-state index in [2.05, 4.69) is 51.3 Å². The third-order valence-corrected chi connectivity index (χ3v) is 2.85. The average molecular weight is 198 g/mol. The van der Waals surface area contributed by atoms with Crippen molar-refractivity contribution in [2.24, 2.45) is 11.8 Å². The second kappa shape index (κ2) is 8.43. The first-order valence-corrected chi connectivity index (χ1v) is 6.44. The summed E-state index contributed by atoms with van der Waals surface area (Å²) in [6.07, 6.45) is 12.5. The fourth-order valence-electron chi connectivity index (χ4n) is 1.08. The lowest BCUT2D eigenvalue weighted by Gasteiger charge is -2.06. The molecule has 76 valence electrons. The van der Waals surface area contributed by atoms with Gasteiger partial charge in [-0.05, 0) is 19.1 Å². The zero-order chi connectivity index (χ0) is 10.1. The Balaban J connectivity index is 3.99. The van der Waals surface area contributed by atoms with Crippen molar-refractivity contribution in [1.29, 1.82) is 0 Å². The van der Waals surface area contributed by atoms with Gasteiger partial charge in [0.2, 0.25) is 0 Å². The molecule has 2 unspecified atom stereocenters. The monoisotopic (exact) mass is 198 g/mol. The van der Waals surface area contributed by atoms with Crippen LogP contribution in [0.1, 0.15) is 27.2 Å². The van der Waals surface area contributed by atoms with Gasteiger partial charge in [-0.3, -0.25) is 0 Å². The Labute approximate surface area is 87.5 Å². The van der Waals surface area contributed by atoms with Crippen molar-refractivity contribution in [2.45, 2.75) is 27.2 Å². The highest BCUT2D eigenvalue weighted by molar-refractivity contribution is 7.98. The second-order valence-electron chi connectivity index (χ2n) is 3.42. The van der Waals surface area contributed by atoms with Crippen LogP contribution in [-0.2, 0) is 0 Å². The normalized spacial score (nSPS) is 16.9. The minimum Gasteiger partial charge on any atom is -0.164 e. The Morgan fingerprint density at radius 3 is 2.38 bits per heavy atom. The molecule has 0 heterocycles. The minimum atomic E-state index is 0.619. The van der Waals surface area contributed by atoms with Gasteiger partial charge < -0.3 is 0 Å². The van der Waals surface area contributed by atoms with Gasteiger partial charge in [-0.2, -0.15) is 11.8 Å². The maximum Gasteiger partial charge on any atom is 0.00372 e. The molecular formula is C12H22S. The van der Waals surface area contributed by atoms with Gasteiger partial charge in [0, 0.05) is 11.7 Å². The van der Waals surface area contributed by atoms with E-state index >= 15 is 0 Å². The molecule has 1 heteroatoms. The fourth-order valence-corrected chi connectivity index (χ4v) is 1.69. The maximum atomic E-state index is 2.34. The third kappa shape index (κ3) is 6.94.